The first-order chi connectivity index (χ1) is 24.8. The van der Waals surface area contributed by atoms with Crippen molar-refractivity contribution in [1.82, 2.24) is 4.57 Å². The maximum atomic E-state index is 2.44. The normalized spacial score (nSPS) is 12.2. The van der Waals surface area contributed by atoms with Crippen molar-refractivity contribution in [2.24, 2.45) is 0 Å². The Balaban J connectivity index is 1.23. The van der Waals surface area contributed by atoms with Crippen LogP contribution in [0.1, 0.15) is 0 Å². The Labute approximate surface area is 299 Å². The lowest BCUT2D eigenvalue weighted by atomic mass is 10.1. The molecule has 0 amide bonds. The molecule has 0 N–H and O–H groups in total. The predicted octanol–water partition coefficient (Wildman–Crippen LogP) is 13.7. The van der Waals surface area contributed by atoms with Gasteiger partial charge in [0, 0.05) is 52.8 Å². The minimum absolute atomic E-state index is 1.13. The van der Waals surface area contributed by atoms with Gasteiger partial charge in [-0.05, 0) is 89.3 Å². The molecular weight excluding hydrogens is 645 g/mol. The van der Waals surface area contributed by atoms with Gasteiger partial charge in [-0.2, -0.15) is 0 Å². The van der Waals surface area contributed by atoms with E-state index in [-0.39, 0.29) is 0 Å². The predicted molar refractivity (Wildman–Crippen MR) is 213 cm³/mol. The van der Waals surface area contributed by atoms with E-state index < -0.39 is 0 Å². The topological polar surface area (TPSA) is 8.17 Å². The molecule has 0 saturated heterocycles. The molecule has 1 aromatic heterocycles. The Hall–Kier alpha value is -5.68. The van der Waals surface area contributed by atoms with Crippen molar-refractivity contribution >= 4 is 73.2 Å². The Morgan fingerprint density at radius 1 is 0.420 bits per heavy atom. The highest BCUT2D eigenvalue weighted by atomic mass is 32.2. The van der Waals surface area contributed by atoms with Crippen LogP contribution in [0.4, 0.5) is 17.1 Å². The van der Waals surface area contributed by atoms with Crippen LogP contribution in [-0.4, -0.2) is 4.57 Å². The average molecular weight is 675 g/mol. The smallest absolute Gasteiger partial charge is 0.0553 e. The largest absolute Gasteiger partial charge is 0.310 e. The van der Waals surface area contributed by atoms with Crippen LogP contribution in [0.3, 0.4) is 0 Å². The summed E-state index contributed by atoms with van der Waals surface area (Å²) in [6, 6.07) is 66.0. The van der Waals surface area contributed by atoms with Crippen molar-refractivity contribution in [3.05, 3.63) is 182 Å². The molecule has 236 valence electrons. The summed E-state index contributed by atoms with van der Waals surface area (Å²) in [5, 5.41) is 4.99. The summed E-state index contributed by atoms with van der Waals surface area (Å²) >= 11 is 3.77. The fourth-order valence-electron chi connectivity index (χ4n) is 7.34. The van der Waals surface area contributed by atoms with Crippen LogP contribution >= 0.6 is 23.5 Å². The van der Waals surface area contributed by atoms with Gasteiger partial charge in [0.2, 0.25) is 0 Å². The van der Waals surface area contributed by atoms with E-state index in [0.717, 1.165) is 22.7 Å². The van der Waals surface area contributed by atoms with E-state index >= 15 is 0 Å². The van der Waals surface area contributed by atoms with E-state index in [1.54, 1.807) is 0 Å². The fourth-order valence-corrected chi connectivity index (χ4v) is 9.74. The maximum absolute atomic E-state index is 2.44. The zero-order valence-electron chi connectivity index (χ0n) is 27.0. The number of hydrogen-bond acceptors (Lipinski definition) is 3. The SMILES string of the molecule is c1ccc(-c2ccc(-n3c4ccc(N(c5ccccc5)c5cccc6ccccc56)cc4c4c5c(ccc43)Sc3ccccc3S5)cc2)cc1. The third kappa shape index (κ3) is 4.83. The molecule has 9 aromatic rings. The van der Waals surface area contributed by atoms with Crippen molar-refractivity contribution < 1.29 is 0 Å². The summed E-state index contributed by atoms with van der Waals surface area (Å²) in [5.74, 6) is 0. The molecule has 1 aliphatic rings. The minimum atomic E-state index is 1.13. The molecule has 0 saturated carbocycles. The number of rotatable bonds is 5. The van der Waals surface area contributed by atoms with Crippen LogP contribution in [0, 0.1) is 0 Å². The van der Waals surface area contributed by atoms with E-state index in [2.05, 4.69) is 191 Å². The van der Waals surface area contributed by atoms with Gasteiger partial charge < -0.3 is 9.47 Å². The lowest BCUT2D eigenvalue weighted by Crippen LogP contribution is -2.10. The minimum Gasteiger partial charge on any atom is -0.310 e. The van der Waals surface area contributed by atoms with Gasteiger partial charge in [-0.25, -0.2) is 0 Å². The molecule has 2 heterocycles. The average Bonchev–Trinajstić information content (AvgIpc) is 3.52. The Bertz CT molecular complexity index is 2690. The maximum Gasteiger partial charge on any atom is 0.0553 e. The molecule has 0 spiro atoms. The molecule has 1 aliphatic heterocycles. The van der Waals surface area contributed by atoms with E-state index in [0.29, 0.717) is 0 Å². The van der Waals surface area contributed by atoms with E-state index in [1.807, 2.05) is 23.5 Å². The van der Waals surface area contributed by atoms with Crippen LogP contribution in [0.15, 0.2) is 202 Å². The third-order valence-electron chi connectivity index (χ3n) is 9.62. The quantitative estimate of drug-likeness (QED) is 0.180. The van der Waals surface area contributed by atoms with Gasteiger partial charge in [0.15, 0.2) is 0 Å². The van der Waals surface area contributed by atoms with Crippen LogP contribution in [0.2, 0.25) is 0 Å². The first-order valence-corrected chi connectivity index (χ1v) is 18.5. The first-order valence-electron chi connectivity index (χ1n) is 16.8. The number of hydrogen-bond donors (Lipinski definition) is 0. The standard InChI is InChI=1S/C46H30N2S2/c1-3-12-31(13-4-1)32-22-24-35(25-23-32)48-40-27-26-36(47(34-16-5-2-6-17-34)39-19-11-15-33-14-7-8-18-37(33)39)30-38(40)45-41(48)28-29-44-46(45)50-43-21-10-9-20-42(43)49-44/h1-30H. The highest BCUT2D eigenvalue weighted by Gasteiger charge is 2.25. The van der Waals surface area contributed by atoms with Crippen LogP contribution in [0.5, 0.6) is 0 Å². The highest BCUT2D eigenvalue weighted by molar-refractivity contribution is 8.05. The summed E-state index contributed by atoms with van der Waals surface area (Å²) < 4.78 is 2.44. The van der Waals surface area contributed by atoms with E-state index in [1.165, 1.54) is 63.3 Å². The molecule has 0 bridgehead atoms. The summed E-state index contributed by atoms with van der Waals surface area (Å²) in [6.07, 6.45) is 0. The van der Waals surface area contributed by atoms with Crippen molar-refractivity contribution in [2.45, 2.75) is 19.6 Å². The summed E-state index contributed by atoms with van der Waals surface area (Å²) in [6.45, 7) is 0. The number of nitrogens with zero attached hydrogens (tertiary/aromatic N) is 2. The van der Waals surface area contributed by atoms with E-state index in [4.69, 9.17) is 0 Å². The molecule has 4 heteroatoms. The zero-order chi connectivity index (χ0) is 33.0. The Morgan fingerprint density at radius 2 is 1.08 bits per heavy atom. The molecule has 8 aromatic carbocycles. The highest BCUT2D eigenvalue weighted by Crippen LogP contribution is 2.53. The molecule has 10 rings (SSSR count). The van der Waals surface area contributed by atoms with Gasteiger partial charge >= 0.3 is 0 Å². The number of fused-ring (bicyclic) bond motifs is 7. The molecule has 0 aliphatic carbocycles. The second-order valence-electron chi connectivity index (χ2n) is 12.6. The zero-order valence-corrected chi connectivity index (χ0v) is 28.7. The number of para-hydroxylation sites is 1. The van der Waals surface area contributed by atoms with E-state index in [9.17, 15) is 0 Å². The van der Waals surface area contributed by atoms with Gasteiger partial charge in [0.1, 0.15) is 0 Å². The fraction of sp³-hybridized carbons (Fsp3) is 0. The summed E-state index contributed by atoms with van der Waals surface area (Å²) in [5.41, 5.74) is 9.42. The second-order valence-corrected chi connectivity index (χ2v) is 14.7. The lowest BCUT2D eigenvalue weighted by molar-refractivity contribution is 1.15. The number of aromatic nitrogens is 1. The van der Waals surface area contributed by atoms with Crippen molar-refractivity contribution in [2.75, 3.05) is 4.90 Å². The molecule has 2 nitrogen and oxygen atoms in total. The van der Waals surface area contributed by atoms with Gasteiger partial charge in [0.05, 0.1) is 16.7 Å². The monoisotopic (exact) mass is 674 g/mol. The second kappa shape index (κ2) is 12.0. The third-order valence-corrected chi connectivity index (χ3v) is 12.2. The van der Waals surface area contributed by atoms with Crippen LogP contribution < -0.4 is 4.90 Å². The lowest BCUT2D eigenvalue weighted by Gasteiger charge is -2.27. The number of benzene rings is 8. The summed E-state index contributed by atoms with van der Waals surface area (Å²) in [4.78, 5) is 7.66. The first kappa shape index (κ1) is 29.3. The number of anilines is 3. The Morgan fingerprint density at radius 3 is 1.90 bits per heavy atom. The molecule has 50 heavy (non-hydrogen) atoms. The molecule has 0 fully saturated rings. The van der Waals surface area contributed by atoms with Gasteiger partial charge in [-0.3, -0.25) is 0 Å². The molecule has 0 unspecified atom stereocenters. The summed E-state index contributed by atoms with van der Waals surface area (Å²) in [7, 11) is 0. The van der Waals surface area contributed by atoms with Crippen molar-refractivity contribution in [1.29, 1.82) is 0 Å². The van der Waals surface area contributed by atoms with Gasteiger partial charge in [-0.15, -0.1) is 0 Å². The Kier molecular flexibility index (Phi) is 7.04. The van der Waals surface area contributed by atoms with Gasteiger partial charge in [-0.1, -0.05) is 133 Å². The molecule has 0 atom stereocenters. The van der Waals surface area contributed by atoms with Crippen molar-refractivity contribution in [3.8, 4) is 16.8 Å². The van der Waals surface area contributed by atoms with Crippen LogP contribution in [-0.2, 0) is 0 Å². The van der Waals surface area contributed by atoms with Gasteiger partial charge in [0.25, 0.3) is 0 Å². The van der Waals surface area contributed by atoms with Crippen molar-refractivity contribution in [3.63, 3.8) is 0 Å². The van der Waals surface area contributed by atoms with Crippen LogP contribution in [0.25, 0.3) is 49.4 Å². The molecular formula is C46H30N2S2. The molecule has 0 radical (unpaired) electrons.